The molecular formula is C27H20F4N4O4S. The number of aromatic nitrogens is 2. The third-order valence-electron chi connectivity index (χ3n) is 6.14. The third-order valence-corrected chi connectivity index (χ3v) is 6.73. The van der Waals surface area contributed by atoms with E-state index in [9.17, 15) is 26.4 Å². The minimum Gasteiger partial charge on any atom is -0.454 e. The second kappa shape index (κ2) is 9.83. The molecule has 0 amide bonds. The summed E-state index contributed by atoms with van der Waals surface area (Å²) in [7, 11) is -3.72. The van der Waals surface area contributed by atoms with Crippen LogP contribution in [0.4, 0.5) is 29.1 Å². The molecule has 40 heavy (non-hydrogen) atoms. The molecule has 3 aromatic carbocycles. The van der Waals surface area contributed by atoms with Crippen molar-refractivity contribution in [2.24, 2.45) is 0 Å². The molecule has 1 aromatic heterocycles. The predicted octanol–water partition coefficient (Wildman–Crippen LogP) is 5.31. The van der Waals surface area contributed by atoms with Crippen molar-refractivity contribution in [3.8, 4) is 17.2 Å². The fraction of sp³-hybridized carbons (Fsp3) is 0.111. The number of nitrogens with two attached hydrogens (primary N) is 1. The minimum absolute atomic E-state index is 0.0324. The Labute approximate surface area is 225 Å². The molecule has 0 saturated carbocycles. The second-order valence-corrected chi connectivity index (χ2v) is 10.9. The number of allylic oxidation sites excluding steroid dienone is 1. The van der Waals surface area contributed by atoms with E-state index in [1.165, 1.54) is 31.3 Å². The van der Waals surface area contributed by atoms with E-state index in [1.807, 2.05) is 0 Å². The maximum Gasteiger partial charge on any atom is 0.229 e. The molecule has 1 aliphatic carbocycles. The van der Waals surface area contributed by atoms with Gasteiger partial charge in [-0.3, -0.25) is 9.52 Å². The van der Waals surface area contributed by atoms with Crippen LogP contribution in [0.15, 0.2) is 54.2 Å². The van der Waals surface area contributed by atoms with Crippen molar-refractivity contribution in [1.82, 2.24) is 9.78 Å². The number of ketones is 1. The number of aryl methyl sites for hydroxylation is 1. The van der Waals surface area contributed by atoms with Crippen LogP contribution in [0.1, 0.15) is 27.0 Å². The van der Waals surface area contributed by atoms with Crippen LogP contribution in [0.25, 0.3) is 11.8 Å². The molecule has 4 aromatic rings. The molecule has 1 aliphatic rings. The molecular weight excluding hydrogens is 552 g/mol. The van der Waals surface area contributed by atoms with Crippen LogP contribution in [-0.4, -0.2) is 30.2 Å². The average molecular weight is 573 g/mol. The van der Waals surface area contributed by atoms with Gasteiger partial charge in [0.15, 0.2) is 23.2 Å². The molecule has 0 spiro atoms. The standard InChI is InChI=1S/C27H20F4N4O4S/c1-13-5-18(39-24-10-17(28)3-4-20(24)29)11-22(31)25(13)35-27(32)19(12-33-35)26(36)16-6-14-8-21(30)23(9-15(14)7-16)34-40(2,37)38/h3-5,7-12,34H,6,32H2,1-2H3. The first kappa shape index (κ1) is 26.9. The number of carbonyl (C=O) groups is 1. The van der Waals surface area contributed by atoms with Gasteiger partial charge in [0.2, 0.25) is 10.0 Å². The Morgan fingerprint density at radius 1 is 1.05 bits per heavy atom. The van der Waals surface area contributed by atoms with Crippen LogP contribution >= 0.6 is 0 Å². The molecule has 0 bridgehead atoms. The monoisotopic (exact) mass is 572 g/mol. The number of benzene rings is 3. The highest BCUT2D eigenvalue weighted by molar-refractivity contribution is 7.92. The molecule has 8 nitrogen and oxygen atoms in total. The number of hydrogen-bond acceptors (Lipinski definition) is 6. The Morgan fingerprint density at radius 3 is 2.50 bits per heavy atom. The number of hydrogen-bond donors (Lipinski definition) is 2. The fourth-order valence-electron chi connectivity index (χ4n) is 4.38. The number of ether oxygens (including phenoxy) is 1. The summed E-state index contributed by atoms with van der Waals surface area (Å²) in [6.07, 6.45) is 3.61. The zero-order chi connectivity index (χ0) is 28.9. The molecule has 0 radical (unpaired) electrons. The van der Waals surface area contributed by atoms with Crippen molar-refractivity contribution in [3.63, 3.8) is 0 Å². The largest absolute Gasteiger partial charge is 0.454 e. The van der Waals surface area contributed by atoms with Crippen molar-refractivity contribution in [1.29, 1.82) is 0 Å². The molecule has 13 heteroatoms. The number of nitrogens with one attached hydrogen (secondary N) is 1. The van der Waals surface area contributed by atoms with Crippen LogP contribution in [-0.2, 0) is 16.4 Å². The van der Waals surface area contributed by atoms with Gasteiger partial charge in [0.05, 0.1) is 23.7 Å². The molecule has 1 heterocycles. The van der Waals surface area contributed by atoms with Gasteiger partial charge < -0.3 is 10.5 Å². The molecule has 3 N–H and O–H groups in total. The summed E-state index contributed by atoms with van der Waals surface area (Å²) in [4.78, 5) is 13.3. The normalized spacial score (nSPS) is 12.7. The number of nitrogen functional groups attached to an aromatic ring is 1. The van der Waals surface area contributed by atoms with E-state index in [2.05, 4.69) is 9.82 Å². The van der Waals surface area contributed by atoms with E-state index in [0.29, 0.717) is 11.1 Å². The lowest BCUT2D eigenvalue weighted by molar-refractivity contribution is 0.103. The summed E-state index contributed by atoms with van der Waals surface area (Å²) in [6.45, 7) is 1.52. The van der Waals surface area contributed by atoms with Gasteiger partial charge in [0, 0.05) is 24.1 Å². The van der Waals surface area contributed by atoms with E-state index in [1.54, 1.807) is 0 Å². The third kappa shape index (κ3) is 5.15. The summed E-state index contributed by atoms with van der Waals surface area (Å²) >= 11 is 0. The lowest BCUT2D eigenvalue weighted by atomic mass is 10.0. The van der Waals surface area contributed by atoms with Gasteiger partial charge in [-0.2, -0.15) is 5.10 Å². The smallest absolute Gasteiger partial charge is 0.229 e. The maximum absolute atomic E-state index is 15.2. The minimum atomic E-state index is -3.72. The number of nitrogens with zero attached hydrogens (tertiary/aromatic N) is 2. The van der Waals surface area contributed by atoms with Crippen molar-refractivity contribution < 1.29 is 35.5 Å². The van der Waals surface area contributed by atoms with Crippen molar-refractivity contribution >= 4 is 33.4 Å². The van der Waals surface area contributed by atoms with Crippen LogP contribution in [0.2, 0.25) is 0 Å². The van der Waals surface area contributed by atoms with Gasteiger partial charge in [-0.1, -0.05) is 0 Å². The molecule has 0 unspecified atom stereocenters. The number of Topliss-reactive ketones (excluding diaryl/α,β-unsaturated/α-hetero) is 1. The number of carbonyl (C=O) groups excluding carboxylic acids is 1. The van der Waals surface area contributed by atoms with E-state index in [0.717, 1.165) is 41.3 Å². The van der Waals surface area contributed by atoms with Gasteiger partial charge in [0.1, 0.15) is 28.9 Å². The van der Waals surface area contributed by atoms with Crippen LogP contribution in [0.3, 0.4) is 0 Å². The summed E-state index contributed by atoms with van der Waals surface area (Å²) < 4.78 is 88.5. The van der Waals surface area contributed by atoms with E-state index in [4.69, 9.17) is 10.5 Å². The lowest BCUT2D eigenvalue weighted by Gasteiger charge is -2.13. The van der Waals surface area contributed by atoms with Gasteiger partial charge >= 0.3 is 0 Å². The maximum atomic E-state index is 15.2. The summed E-state index contributed by atoms with van der Waals surface area (Å²) in [5.74, 6) is -4.44. The summed E-state index contributed by atoms with van der Waals surface area (Å²) in [5.41, 5.74) is 7.25. The number of fused-ring (bicyclic) bond motifs is 1. The van der Waals surface area contributed by atoms with E-state index in [-0.39, 0.29) is 46.1 Å². The highest BCUT2D eigenvalue weighted by Crippen LogP contribution is 2.34. The van der Waals surface area contributed by atoms with Crippen molar-refractivity contribution in [2.75, 3.05) is 16.7 Å². The van der Waals surface area contributed by atoms with Crippen LogP contribution < -0.4 is 15.2 Å². The van der Waals surface area contributed by atoms with Gasteiger partial charge in [0.25, 0.3) is 0 Å². The Morgan fingerprint density at radius 2 is 1.80 bits per heavy atom. The van der Waals surface area contributed by atoms with Gasteiger partial charge in [-0.25, -0.2) is 30.7 Å². The lowest BCUT2D eigenvalue weighted by Crippen LogP contribution is -2.11. The molecule has 0 fully saturated rings. The quantitative estimate of drug-likeness (QED) is 0.229. The molecule has 5 rings (SSSR count). The number of anilines is 2. The second-order valence-electron chi connectivity index (χ2n) is 9.18. The summed E-state index contributed by atoms with van der Waals surface area (Å²) in [5, 5.41) is 4.07. The highest BCUT2D eigenvalue weighted by Gasteiger charge is 2.26. The van der Waals surface area contributed by atoms with Crippen LogP contribution in [0, 0.1) is 30.2 Å². The Bertz CT molecular complexity index is 1830. The molecule has 0 aliphatic heterocycles. The zero-order valence-electron chi connectivity index (χ0n) is 20.9. The SMILES string of the molecule is Cc1cc(Oc2cc(F)ccc2F)cc(F)c1-n1ncc(C(=O)C2=Cc3cc(NS(C)(=O)=O)c(F)cc3C2)c1N. The first-order valence-corrected chi connectivity index (χ1v) is 13.5. The first-order valence-electron chi connectivity index (χ1n) is 11.6. The van der Waals surface area contributed by atoms with Crippen LogP contribution in [0.5, 0.6) is 11.5 Å². The average Bonchev–Trinajstić information content (AvgIpc) is 3.43. The Kier molecular flexibility index (Phi) is 6.62. The van der Waals surface area contributed by atoms with E-state index >= 15 is 4.39 Å². The summed E-state index contributed by atoms with van der Waals surface area (Å²) in [6, 6.07) is 7.38. The Balaban J connectivity index is 1.42. The zero-order valence-corrected chi connectivity index (χ0v) is 21.7. The van der Waals surface area contributed by atoms with Gasteiger partial charge in [-0.15, -0.1) is 0 Å². The number of halogens is 4. The van der Waals surface area contributed by atoms with Crippen molar-refractivity contribution in [2.45, 2.75) is 13.3 Å². The van der Waals surface area contributed by atoms with Crippen molar-refractivity contribution in [3.05, 3.63) is 99.8 Å². The molecule has 0 saturated heterocycles. The van der Waals surface area contributed by atoms with E-state index < -0.39 is 44.8 Å². The highest BCUT2D eigenvalue weighted by atomic mass is 32.2. The molecule has 0 atom stereocenters. The first-order chi connectivity index (χ1) is 18.8. The van der Waals surface area contributed by atoms with Gasteiger partial charge in [-0.05, 0) is 60.0 Å². The fourth-order valence-corrected chi connectivity index (χ4v) is 4.94. The number of rotatable bonds is 7. The Hall–Kier alpha value is -4.65. The molecule has 206 valence electrons. The predicted molar refractivity (Wildman–Crippen MR) is 140 cm³/mol. The topological polar surface area (TPSA) is 116 Å². The number of sulfonamides is 1.